The molecule has 0 bridgehead atoms. The Hall–Kier alpha value is -2.58. The summed E-state index contributed by atoms with van der Waals surface area (Å²) >= 11 is 3.38. The highest BCUT2D eigenvalue weighted by Gasteiger charge is 2.47. The molecule has 1 aliphatic heterocycles. The van der Waals surface area contributed by atoms with E-state index in [0.29, 0.717) is 40.4 Å². The van der Waals surface area contributed by atoms with Gasteiger partial charge >= 0.3 is 0 Å². The van der Waals surface area contributed by atoms with Crippen LogP contribution in [0.5, 0.6) is 5.75 Å². The summed E-state index contributed by atoms with van der Waals surface area (Å²) in [4.78, 5) is 29.0. The molecule has 7 nitrogen and oxygen atoms in total. The number of amides is 1. The largest absolute Gasteiger partial charge is 0.507 e. The van der Waals surface area contributed by atoms with E-state index in [2.05, 4.69) is 15.9 Å². The molecule has 1 aromatic carbocycles. The first-order valence-electron chi connectivity index (χ1n) is 9.08. The van der Waals surface area contributed by atoms with Crippen molar-refractivity contribution in [2.45, 2.75) is 13.0 Å². The van der Waals surface area contributed by atoms with Gasteiger partial charge in [0.1, 0.15) is 29.1 Å². The summed E-state index contributed by atoms with van der Waals surface area (Å²) < 4.78 is 11.6. The van der Waals surface area contributed by atoms with Crippen LogP contribution < -0.4 is 4.74 Å². The Morgan fingerprint density at radius 1 is 1.28 bits per heavy atom. The van der Waals surface area contributed by atoms with Gasteiger partial charge in [-0.25, -0.2) is 0 Å². The highest BCUT2D eigenvalue weighted by molar-refractivity contribution is 9.10. The molecule has 0 radical (unpaired) electrons. The van der Waals surface area contributed by atoms with Crippen LogP contribution in [0.1, 0.15) is 23.1 Å². The van der Waals surface area contributed by atoms with Gasteiger partial charge in [-0.05, 0) is 67.3 Å². The molecular formula is C21H23BrN2O5. The maximum Gasteiger partial charge on any atom is 0.295 e. The van der Waals surface area contributed by atoms with Crippen LogP contribution in [-0.4, -0.2) is 60.9 Å². The molecule has 1 amide bonds. The third kappa shape index (κ3) is 4.09. The number of aliphatic hydroxyl groups excluding tert-OH is 1. The van der Waals surface area contributed by atoms with Gasteiger partial charge in [0.15, 0.2) is 0 Å². The number of methoxy groups -OCH3 is 1. The molecule has 1 aliphatic rings. The fourth-order valence-corrected chi connectivity index (χ4v) is 3.82. The standard InChI is InChI=1S/C21H23BrN2O5/c1-12-5-7-16(29-12)18-17(20(26)21(27)24(18)10-9-23(2)3)19(25)13-6-8-15(28-4)14(22)11-13/h5-8,11,18,25H,9-10H2,1-4H3/b19-17-. The molecule has 154 valence electrons. The second kappa shape index (κ2) is 8.42. The number of carbonyl (C=O) groups excluding carboxylic acids is 2. The van der Waals surface area contributed by atoms with Gasteiger partial charge in [0.25, 0.3) is 11.7 Å². The van der Waals surface area contributed by atoms with Crippen LogP contribution in [0.4, 0.5) is 0 Å². The number of ketones is 1. The Kier molecular flexibility index (Phi) is 6.14. The van der Waals surface area contributed by atoms with E-state index in [4.69, 9.17) is 9.15 Å². The monoisotopic (exact) mass is 462 g/mol. The zero-order valence-electron chi connectivity index (χ0n) is 16.7. The van der Waals surface area contributed by atoms with Crippen LogP contribution in [0.15, 0.2) is 44.8 Å². The molecule has 0 aliphatic carbocycles. The van der Waals surface area contributed by atoms with E-state index in [1.54, 1.807) is 37.3 Å². The van der Waals surface area contributed by atoms with Crippen molar-refractivity contribution in [2.75, 3.05) is 34.3 Å². The SMILES string of the molecule is COc1ccc(/C(O)=C2/C(=O)C(=O)N(CCN(C)C)C2c2ccc(C)o2)cc1Br. The molecule has 2 aromatic rings. The summed E-state index contributed by atoms with van der Waals surface area (Å²) in [7, 11) is 5.31. The third-order valence-corrected chi connectivity index (χ3v) is 5.40. The van der Waals surface area contributed by atoms with E-state index in [1.807, 2.05) is 19.0 Å². The molecule has 1 aromatic heterocycles. The predicted molar refractivity (Wildman–Crippen MR) is 112 cm³/mol. The van der Waals surface area contributed by atoms with E-state index >= 15 is 0 Å². The van der Waals surface area contributed by atoms with Crippen LogP contribution in [0.25, 0.3) is 5.76 Å². The first-order valence-corrected chi connectivity index (χ1v) is 9.87. The van der Waals surface area contributed by atoms with Gasteiger partial charge in [-0.1, -0.05) is 0 Å². The van der Waals surface area contributed by atoms with Crippen molar-refractivity contribution in [3.63, 3.8) is 0 Å². The van der Waals surface area contributed by atoms with Crippen LogP contribution in [0.3, 0.4) is 0 Å². The number of likely N-dealkylation sites (tertiary alicyclic amines) is 1. The first-order chi connectivity index (χ1) is 13.7. The molecule has 2 heterocycles. The molecule has 1 N–H and O–H groups in total. The number of ether oxygens (including phenoxy) is 1. The second-order valence-corrected chi connectivity index (χ2v) is 7.95. The lowest BCUT2D eigenvalue weighted by molar-refractivity contribution is -0.140. The molecule has 1 fully saturated rings. The Labute approximate surface area is 177 Å². The quantitative estimate of drug-likeness (QED) is 0.402. The zero-order valence-corrected chi connectivity index (χ0v) is 18.3. The highest BCUT2D eigenvalue weighted by atomic mass is 79.9. The van der Waals surface area contributed by atoms with Crippen molar-refractivity contribution >= 4 is 33.4 Å². The lowest BCUT2D eigenvalue weighted by atomic mass is 9.99. The summed E-state index contributed by atoms with van der Waals surface area (Å²) in [5, 5.41) is 11.0. The van der Waals surface area contributed by atoms with Crippen molar-refractivity contribution in [1.29, 1.82) is 0 Å². The molecule has 1 atom stereocenters. The summed E-state index contributed by atoms with van der Waals surface area (Å²) in [6.45, 7) is 2.68. The van der Waals surface area contributed by atoms with E-state index in [1.165, 1.54) is 12.0 Å². The number of hydrogen-bond acceptors (Lipinski definition) is 6. The number of nitrogens with zero attached hydrogens (tertiary/aromatic N) is 2. The number of Topliss-reactive ketones (excluding diaryl/α,β-unsaturated/α-hetero) is 1. The predicted octanol–water partition coefficient (Wildman–Crippen LogP) is 3.34. The number of aryl methyl sites for hydroxylation is 1. The molecule has 8 heteroatoms. The minimum absolute atomic E-state index is 0.0140. The van der Waals surface area contributed by atoms with Crippen molar-refractivity contribution in [1.82, 2.24) is 9.80 Å². The van der Waals surface area contributed by atoms with Crippen LogP contribution >= 0.6 is 15.9 Å². The van der Waals surface area contributed by atoms with Gasteiger partial charge in [0.05, 0.1) is 17.2 Å². The number of furan rings is 1. The maximum atomic E-state index is 12.9. The van der Waals surface area contributed by atoms with E-state index < -0.39 is 17.7 Å². The molecule has 0 saturated carbocycles. The molecular weight excluding hydrogens is 440 g/mol. The van der Waals surface area contributed by atoms with Crippen molar-refractivity contribution in [3.8, 4) is 5.75 Å². The van der Waals surface area contributed by atoms with E-state index in [-0.39, 0.29) is 11.3 Å². The van der Waals surface area contributed by atoms with Crippen LogP contribution in [-0.2, 0) is 9.59 Å². The zero-order chi connectivity index (χ0) is 21.3. The van der Waals surface area contributed by atoms with Gasteiger partial charge in [-0.2, -0.15) is 0 Å². The van der Waals surface area contributed by atoms with Gasteiger partial charge in [-0.15, -0.1) is 0 Å². The third-order valence-electron chi connectivity index (χ3n) is 4.78. The van der Waals surface area contributed by atoms with Gasteiger partial charge < -0.3 is 24.1 Å². The molecule has 1 unspecified atom stereocenters. The van der Waals surface area contributed by atoms with Gasteiger partial charge in [0.2, 0.25) is 0 Å². The molecule has 1 saturated heterocycles. The molecule has 3 rings (SSSR count). The highest BCUT2D eigenvalue weighted by Crippen LogP contribution is 2.40. The molecule has 29 heavy (non-hydrogen) atoms. The fraction of sp³-hybridized carbons (Fsp3) is 0.333. The number of rotatable bonds is 6. The van der Waals surface area contributed by atoms with Crippen molar-refractivity contribution < 1.29 is 23.8 Å². The number of carbonyl (C=O) groups is 2. The van der Waals surface area contributed by atoms with Crippen molar-refractivity contribution in [3.05, 3.63) is 57.5 Å². The minimum atomic E-state index is -0.787. The molecule has 0 spiro atoms. The van der Waals surface area contributed by atoms with Crippen LogP contribution in [0, 0.1) is 6.92 Å². The summed E-state index contributed by atoms with van der Waals surface area (Å²) in [5.74, 6) is 0.0524. The number of likely N-dealkylation sites (N-methyl/N-ethyl adjacent to an activating group) is 1. The number of hydrogen-bond donors (Lipinski definition) is 1. The Morgan fingerprint density at radius 3 is 2.55 bits per heavy atom. The van der Waals surface area contributed by atoms with E-state index in [0.717, 1.165) is 0 Å². The second-order valence-electron chi connectivity index (χ2n) is 7.09. The average molecular weight is 463 g/mol. The Balaban J connectivity index is 2.13. The lowest BCUT2D eigenvalue weighted by Crippen LogP contribution is -2.35. The fourth-order valence-electron chi connectivity index (χ4n) is 3.28. The maximum absolute atomic E-state index is 12.9. The van der Waals surface area contributed by atoms with Gasteiger partial charge in [-0.3, -0.25) is 9.59 Å². The number of aliphatic hydroxyl groups is 1. The minimum Gasteiger partial charge on any atom is -0.507 e. The van der Waals surface area contributed by atoms with Gasteiger partial charge in [0, 0.05) is 18.7 Å². The lowest BCUT2D eigenvalue weighted by Gasteiger charge is -2.24. The Morgan fingerprint density at radius 2 is 2.00 bits per heavy atom. The number of benzene rings is 1. The topological polar surface area (TPSA) is 83.2 Å². The van der Waals surface area contributed by atoms with E-state index in [9.17, 15) is 14.7 Å². The summed E-state index contributed by atoms with van der Waals surface area (Å²) in [6.07, 6.45) is 0. The normalized spacial score (nSPS) is 18.7. The van der Waals surface area contributed by atoms with Crippen molar-refractivity contribution in [2.24, 2.45) is 0 Å². The summed E-state index contributed by atoms with van der Waals surface area (Å²) in [6, 6.07) is 7.66. The Bertz CT molecular complexity index is 979. The number of halogens is 1. The first kappa shape index (κ1) is 21.1. The average Bonchev–Trinajstić information content (AvgIpc) is 3.21. The smallest absolute Gasteiger partial charge is 0.295 e. The summed E-state index contributed by atoms with van der Waals surface area (Å²) in [5.41, 5.74) is 0.414. The van der Waals surface area contributed by atoms with Crippen LogP contribution in [0.2, 0.25) is 0 Å².